The van der Waals surface area contributed by atoms with Gasteiger partial charge in [0.1, 0.15) is 16.7 Å². The number of para-hydroxylation sites is 1. The van der Waals surface area contributed by atoms with Crippen LogP contribution in [0.2, 0.25) is 0 Å². The van der Waals surface area contributed by atoms with E-state index >= 15 is 0 Å². The normalized spacial score (nSPS) is 28.4. The molecule has 1 saturated heterocycles. The zero-order valence-electron chi connectivity index (χ0n) is 14.0. The lowest BCUT2D eigenvalue weighted by atomic mass is 9.96. The summed E-state index contributed by atoms with van der Waals surface area (Å²) in [7, 11) is -3.64. The van der Waals surface area contributed by atoms with Crippen LogP contribution in [0.1, 0.15) is 32.1 Å². The van der Waals surface area contributed by atoms with Crippen molar-refractivity contribution in [3.63, 3.8) is 0 Å². The van der Waals surface area contributed by atoms with Crippen LogP contribution >= 0.6 is 0 Å². The molecule has 136 valence electrons. The van der Waals surface area contributed by atoms with Crippen molar-refractivity contribution < 1.29 is 17.9 Å². The summed E-state index contributed by atoms with van der Waals surface area (Å²) in [6.45, 7) is 0.691. The molecule has 2 unspecified atom stereocenters. The number of amides is 2. The first-order valence-electron chi connectivity index (χ1n) is 8.86. The molecule has 1 aliphatic carbocycles. The minimum Gasteiger partial charge on any atom is -0.485 e. The third-order valence-electron chi connectivity index (χ3n) is 5.21. The number of carbonyl (C=O) groups is 1. The molecular formula is C17H23N3O4S. The lowest BCUT2D eigenvalue weighted by Crippen LogP contribution is -2.46. The lowest BCUT2D eigenvalue weighted by Gasteiger charge is -2.26. The van der Waals surface area contributed by atoms with Crippen molar-refractivity contribution in [2.45, 2.75) is 55.2 Å². The van der Waals surface area contributed by atoms with Crippen LogP contribution in [-0.4, -0.2) is 50.6 Å². The second kappa shape index (κ2) is 6.49. The van der Waals surface area contributed by atoms with Gasteiger partial charge in [-0.05, 0) is 25.0 Å². The van der Waals surface area contributed by atoms with Gasteiger partial charge in [-0.3, -0.25) is 0 Å². The molecular weight excluding hydrogens is 342 g/mol. The highest BCUT2D eigenvalue weighted by atomic mass is 32.2. The first-order chi connectivity index (χ1) is 12.0. The zero-order valence-corrected chi connectivity index (χ0v) is 14.8. The first kappa shape index (κ1) is 16.7. The van der Waals surface area contributed by atoms with Crippen molar-refractivity contribution in [3.05, 3.63) is 24.3 Å². The maximum Gasteiger partial charge on any atom is 0.317 e. The first-order valence-corrected chi connectivity index (χ1v) is 10.3. The van der Waals surface area contributed by atoms with E-state index < -0.39 is 16.1 Å². The van der Waals surface area contributed by atoms with Crippen LogP contribution in [0.5, 0.6) is 5.75 Å². The predicted molar refractivity (Wildman–Crippen MR) is 91.9 cm³/mol. The molecule has 0 bridgehead atoms. The average molecular weight is 365 g/mol. The summed E-state index contributed by atoms with van der Waals surface area (Å²) in [5.41, 5.74) is 0. The largest absolute Gasteiger partial charge is 0.485 e. The van der Waals surface area contributed by atoms with Gasteiger partial charge in [0.15, 0.2) is 0 Å². The van der Waals surface area contributed by atoms with Crippen LogP contribution < -0.4 is 14.8 Å². The summed E-state index contributed by atoms with van der Waals surface area (Å²) >= 11 is 0. The van der Waals surface area contributed by atoms with Crippen molar-refractivity contribution in [2.75, 3.05) is 13.1 Å². The fraction of sp³-hybridized carbons (Fsp3) is 0.588. The Hall–Kier alpha value is -1.80. The van der Waals surface area contributed by atoms with E-state index in [9.17, 15) is 13.2 Å². The number of likely N-dealkylation sites (tertiary alicyclic amines) is 1. The van der Waals surface area contributed by atoms with Crippen LogP contribution in [0.3, 0.4) is 0 Å². The van der Waals surface area contributed by atoms with Crippen LogP contribution in [0.4, 0.5) is 4.79 Å². The highest BCUT2D eigenvalue weighted by Gasteiger charge is 2.42. The van der Waals surface area contributed by atoms with Crippen molar-refractivity contribution in [1.82, 2.24) is 14.9 Å². The Morgan fingerprint density at radius 3 is 2.72 bits per heavy atom. The third kappa shape index (κ3) is 3.32. The average Bonchev–Trinajstić information content (AvgIpc) is 2.94. The maximum atomic E-state index is 12.5. The van der Waals surface area contributed by atoms with E-state index in [0.717, 1.165) is 25.7 Å². The fourth-order valence-electron chi connectivity index (χ4n) is 3.88. The van der Waals surface area contributed by atoms with E-state index in [1.54, 1.807) is 23.1 Å². The maximum absolute atomic E-state index is 12.5. The van der Waals surface area contributed by atoms with Gasteiger partial charge in [-0.1, -0.05) is 31.4 Å². The van der Waals surface area contributed by atoms with Crippen LogP contribution in [0.25, 0.3) is 0 Å². The van der Waals surface area contributed by atoms with Gasteiger partial charge < -0.3 is 15.0 Å². The molecule has 3 aliphatic rings. The fourth-order valence-corrected chi connectivity index (χ4v) is 5.27. The van der Waals surface area contributed by atoms with Gasteiger partial charge in [0.05, 0.1) is 12.6 Å². The second-order valence-electron chi connectivity index (χ2n) is 7.02. The number of carbonyl (C=O) groups excluding carboxylic acids is 1. The molecule has 2 heterocycles. The van der Waals surface area contributed by atoms with E-state index in [1.807, 2.05) is 0 Å². The second-order valence-corrected chi connectivity index (χ2v) is 8.70. The summed E-state index contributed by atoms with van der Waals surface area (Å²) in [5, 5.41) is 3.08. The molecule has 25 heavy (non-hydrogen) atoms. The molecule has 2 fully saturated rings. The summed E-state index contributed by atoms with van der Waals surface area (Å²) in [6, 6.07) is 6.27. The van der Waals surface area contributed by atoms with Crippen molar-refractivity contribution in [1.29, 1.82) is 0 Å². The highest BCUT2D eigenvalue weighted by Crippen LogP contribution is 2.30. The van der Waals surface area contributed by atoms with Gasteiger partial charge in [-0.15, -0.1) is 0 Å². The molecule has 0 spiro atoms. The van der Waals surface area contributed by atoms with Gasteiger partial charge in [-0.2, -0.15) is 0 Å². The molecule has 2 N–H and O–H groups in total. The van der Waals surface area contributed by atoms with E-state index in [1.165, 1.54) is 12.5 Å². The van der Waals surface area contributed by atoms with Crippen LogP contribution in [0.15, 0.2) is 29.2 Å². The van der Waals surface area contributed by atoms with E-state index in [4.69, 9.17) is 4.74 Å². The molecule has 4 rings (SSSR count). The van der Waals surface area contributed by atoms with Gasteiger partial charge in [0.25, 0.3) is 0 Å². The predicted octanol–water partition coefficient (Wildman–Crippen LogP) is 1.45. The number of nitrogens with zero attached hydrogens (tertiary/aromatic N) is 1. The summed E-state index contributed by atoms with van der Waals surface area (Å²) in [5.74, 6) is 0.344. The molecule has 2 amide bonds. The Labute approximate surface area is 147 Å². The topological polar surface area (TPSA) is 87.7 Å². The molecule has 0 radical (unpaired) electrons. The van der Waals surface area contributed by atoms with Gasteiger partial charge >= 0.3 is 6.03 Å². The summed E-state index contributed by atoms with van der Waals surface area (Å²) < 4.78 is 33.6. The Kier molecular flexibility index (Phi) is 4.33. The van der Waals surface area contributed by atoms with Crippen molar-refractivity contribution in [2.24, 2.45) is 0 Å². The van der Waals surface area contributed by atoms with Gasteiger partial charge in [-0.25, -0.2) is 17.9 Å². The number of urea groups is 1. The van der Waals surface area contributed by atoms with E-state index in [-0.39, 0.29) is 23.1 Å². The molecule has 2 atom stereocenters. The van der Waals surface area contributed by atoms with E-state index in [0.29, 0.717) is 18.8 Å². The Balaban J connectivity index is 1.47. The molecule has 1 aromatic carbocycles. The van der Waals surface area contributed by atoms with Crippen molar-refractivity contribution in [3.8, 4) is 5.75 Å². The Morgan fingerprint density at radius 1 is 1.16 bits per heavy atom. The molecule has 2 aliphatic heterocycles. The molecule has 1 aromatic rings. The number of sulfonamides is 1. The smallest absolute Gasteiger partial charge is 0.317 e. The third-order valence-corrected chi connectivity index (χ3v) is 6.74. The standard InChI is InChI=1S/C17H23N3O4S/c21-17(18-12-6-2-1-3-7-12)20-10-13-15(11-20)24-14-8-4-5-9-16(14)25(22,23)19-13/h4-5,8-9,12-13,15,19H,1-3,6-7,10-11H2,(H,18,21). The number of fused-ring (bicyclic) bond motifs is 2. The van der Waals surface area contributed by atoms with Crippen LogP contribution in [0, 0.1) is 0 Å². The van der Waals surface area contributed by atoms with Gasteiger partial charge in [0, 0.05) is 12.6 Å². The number of hydrogen-bond acceptors (Lipinski definition) is 4. The monoisotopic (exact) mass is 365 g/mol. The SMILES string of the molecule is O=C(NC1CCCCC1)N1CC2NS(=O)(=O)c3ccccc3OC2C1. The molecule has 1 saturated carbocycles. The summed E-state index contributed by atoms with van der Waals surface area (Å²) in [4.78, 5) is 14.3. The van der Waals surface area contributed by atoms with Crippen molar-refractivity contribution >= 4 is 16.1 Å². The van der Waals surface area contributed by atoms with E-state index in [2.05, 4.69) is 10.0 Å². The van der Waals surface area contributed by atoms with Gasteiger partial charge in [0.2, 0.25) is 10.0 Å². The number of hydrogen-bond donors (Lipinski definition) is 2. The number of nitrogens with one attached hydrogen (secondary N) is 2. The Bertz CT molecular complexity index is 761. The minimum absolute atomic E-state index is 0.129. The number of rotatable bonds is 1. The summed E-state index contributed by atoms with van der Waals surface area (Å²) in [6.07, 6.45) is 5.18. The lowest BCUT2D eigenvalue weighted by molar-refractivity contribution is 0.176. The zero-order chi connectivity index (χ0) is 17.4. The highest BCUT2D eigenvalue weighted by molar-refractivity contribution is 7.89. The molecule has 0 aromatic heterocycles. The molecule has 8 heteroatoms. The number of benzene rings is 1. The Morgan fingerprint density at radius 2 is 1.92 bits per heavy atom. The minimum atomic E-state index is -3.64. The molecule has 7 nitrogen and oxygen atoms in total. The quantitative estimate of drug-likeness (QED) is 0.789. The van der Waals surface area contributed by atoms with Crippen LogP contribution in [-0.2, 0) is 10.0 Å². The number of ether oxygens (including phenoxy) is 1.